The number of rotatable bonds is 23. The first kappa shape index (κ1) is 35.5. The Labute approximate surface area is 257 Å². The predicted molar refractivity (Wildman–Crippen MR) is 164 cm³/mol. The molecule has 0 aliphatic carbocycles. The zero-order chi connectivity index (χ0) is 31.8. The summed E-state index contributed by atoms with van der Waals surface area (Å²) in [6.07, 6.45) is 7.98. The highest BCUT2D eigenvalue weighted by atomic mass is 17.2. The van der Waals surface area contributed by atoms with Crippen LogP contribution in [0, 0.1) is 0 Å². The molecule has 0 bridgehead atoms. The van der Waals surface area contributed by atoms with Crippen LogP contribution in [0.4, 0.5) is 0 Å². The van der Waals surface area contributed by atoms with Crippen molar-refractivity contribution in [3.05, 3.63) is 72.8 Å². The van der Waals surface area contributed by atoms with E-state index in [9.17, 15) is 9.59 Å². The van der Waals surface area contributed by atoms with Crippen LogP contribution < -0.4 is 19.2 Å². The lowest BCUT2D eigenvalue weighted by Gasteiger charge is -2.11. The van der Waals surface area contributed by atoms with E-state index in [1.807, 2.05) is 13.8 Å². The monoisotopic (exact) mass is 612 g/mol. The lowest BCUT2D eigenvalue weighted by atomic mass is 10.2. The summed E-state index contributed by atoms with van der Waals surface area (Å²) in [5, 5.41) is 8.26. The van der Waals surface area contributed by atoms with Crippen LogP contribution >= 0.6 is 0 Å². The van der Waals surface area contributed by atoms with Gasteiger partial charge in [-0.3, -0.25) is 0 Å². The zero-order valence-corrected chi connectivity index (χ0v) is 25.2. The zero-order valence-electron chi connectivity index (χ0n) is 25.2. The van der Waals surface area contributed by atoms with Crippen molar-refractivity contribution in [2.24, 2.45) is 10.2 Å². The van der Waals surface area contributed by atoms with Crippen LogP contribution in [0.15, 0.2) is 71.9 Å². The fourth-order valence-electron chi connectivity index (χ4n) is 3.28. The van der Waals surface area contributed by atoms with Crippen molar-refractivity contribution in [1.29, 1.82) is 0 Å². The predicted octanol–water partition coefficient (Wildman–Crippen LogP) is 5.58. The summed E-state index contributed by atoms with van der Waals surface area (Å²) in [6.45, 7) is 12.5. The van der Waals surface area contributed by atoms with E-state index in [1.165, 1.54) is 0 Å². The number of hydrogen-bond donors (Lipinski definition) is 0. The van der Waals surface area contributed by atoms with E-state index >= 15 is 0 Å². The molecular weight excluding hydrogens is 572 g/mol. The summed E-state index contributed by atoms with van der Waals surface area (Å²) in [4.78, 5) is 43.4. The first-order chi connectivity index (χ1) is 21.5. The third kappa shape index (κ3) is 14.5. The molecule has 12 nitrogen and oxygen atoms in total. The van der Waals surface area contributed by atoms with Crippen LogP contribution in [0.5, 0.6) is 23.0 Å². The fourth-order valence-corrected chi connectivity index (χ4v) is 3.28. The van der Waals surface area contributed by atoms with Gasteiger partial charge in [0, 0.05) is 12.2 Å². The normalized spacial score (nSPS) is 10.9. The molecule has 0 radical (unpaired) electrons. The molecule has 0 heterocycles. The van der Waals surface area contributed by atoms with Gasteiger partial charge in [0.2, 0.25) is 11.5 Å². The van der Waals surface area contributed by atoms with Gasteiger partial charge in [-0.2, -0.15) is 20.0 Å². The van der Waals surface area contributed by atoms with Gasteiger partial charge in [-0.15, -0.1) is 0 Å². The Morgan fingerprint density at radius 1 is 0.636 bits per heavy atom. The van der Waals surface area contributed by atoms with Crippen LogP contribution in [-0.4, -0.2) is 64.0 Å². The lowest BCUT2D eigenvalue weighted by Crippen LogP contribution is -2.05. The Bertz CT molecular complexity index is 1150. The first-order valence-corrected chi connectivity index (χ1v) is 14.3. The van der Waals surface area contributed by atoms with Crippen LogP contribution in [0.1, 0.15) is 50.7 Å². The van der Waals surface area contributed by atoms with Gasteiger partial charge in [-0.1, -0.05) is 13.2 Å². The number of hydrogen-bond acceptors (Lipinski definition) is 12. The molecule has 0 aromatic heterocycles. The lowest BCUT2D eigenvalue weighted by molar-refractivity contribution is -0.208. The second-order valence-electron chi connectivity index (χ2n) is 8.74. The number of nitrogens with zero attached hydrogens (tertiary/aromatic N) is 2. The standard InChI is InChI=1S/C32H40N2O10/c1-5-31(35)39-17-9-11-19-41-43-27-15-13-25(21-29(27)37-7-3)23-33-34-24-26-14-16-28(30(22-26)38-8-4)44-42-20-12-10-18-40-32(36)6-2/h5-6,13-16,21-24H,1-2,7-12,17-20H2,3-4H3/b33-23+,34-24+. The topological polar surface area (TPSA) is 133 Å². The Morgan fingerprint density at radius 2 is 1.05 bits per heavy atom. The van der Waals surface area contributed by atoms with Gasteiger partial charge >= 0.3 is 11.9 Å². The van der Waals surface area contributed by atoms with Gasteiger partial charge in [0.15, 0.2) is 11.5 Å². The van der Waals surface area contributed by atoms with E-state index in [2.05, 4.69) is 23.4 Å². The molecule has 2 rings (SSSR count). The number of carbonyl (C=O) groups is 2. The van der Waals surface area contributed by atoms with E-state index in [-0.39, 0.29) is 13.2 Å². The highest BCUT2D eigenvalue weighted by molar-refractivity contribution is 5.84. The minimum atomic E-state index is -0.449. The maximum absolute atomic E-state index is 11.0. The molecule has 0 N–H and O–H groups in total. The second kappa shape index (κ2) is 21.9. The minimum Gasteiger partial charge on any atom is -0.490 e. The number of esters is 2. The molecule has 0 aliphatic rings. The van der Waals surface area contributed by atoms with E-state index < -0.39 is 11.9 Å². The molecule has 0 amide bonds. The fraction of sp³-hybridized carbons (Fsp3) is 0.375. The van der Waals surface area contributed by atoms with Crippen molar-refractivity contribution in [2.45, 2.75) is 39.5 Å². The summed E-state index contributed by atoms with van der Waals surface area (Å²) in [5.74, 6) is 0.945. The molecule has 238 valence electrons. The van der Waals surface area contributed by atoms with Gasteiger partial charge in [0.05, 0.1) is 52.1 Å². The van der Waals surface area contributed by atoms with E-state index in [0.29, 0.717) is 75.1 Å². The van der Waals surface area contributed by atoms with Crippen molar-refractivity contribution in [2.75, 3.05) is 39.6 Å². The van der Waals surface area contributed by atoms with Crippen molar-refractivity contribution < 1.29 is 48.1 Å². The molecule has 0 unspecified atom stereocenters. The molecule has 2 aromatic carbocycles. The summed E-state index contributed by atoms with van der Waals surface area (Å²) >= 11 is 0. The molecule has 0 spiro atoms. The van der Waals surface area contributed by atoms with Crippen LogP contribution in [0.3, 0.4) is 0 Å². The number of unbranched alkanes of at least 4 members (excludes halogenated alkanes) is 2. The highest BCUT2D eigenvalue weighted by Gasteiger charge is 2.09. The number of carbonyl (C=O) groups excluding carboxylic acids is 2. The largest absolute Gasteiger partial charge is 0.490 e. The molecule has 0 saturated heterocycles. The third-order valence-electron chi connectivity index (χ3n) is 5.38. The molecule has 2 aromatic rings. The maximum Gasteiger partial charge on any atom is 0.330 e. The number of benzene rings is 2. The van der Waals surface area contributed by atoms with Crippen molar-refractivity contribution in [3.63, 3.8) is 0 Å². The molecule has 12 heteroatoms. The molecule has 0 saturated carbocycles. The molecule has 0 aliphatic heterocycles. The van der Waals surface area contributed by atoms with Crippen molar-refractivity contribution in [1.82, 2.24) is 0 Å². The van der Waals surface area contributed by atoms with Gasteiger partial charge in [-0.25, -0.2) is 9.59 Å². The minimum absolute atomic E-state index is 0.289. The Kier molecular flexibility index (Phi) is 17.7. The molecule has 44 heavy (non-hydrogen) atoms. The smallest absolute Gasteiger partial charge is 0.330 e. The van der Waals surface area contributed by atoms with Crippen LogP contribution in [-0.2, 0) is 28.8 Å². The molecule has 0 fully saturated rings. The SMILES string of the molecule is C=CC(=O)OCCCCOOc1ccc(/C=N/N=C/c2ccc(OOCCCCOC(=O)C=C)c(OCC)c2)cc1OCC. The van der Waals surface area contributed by atoms with Gasteiger partial charge < -0.3 is 28.7 Å². The molecular formula is C32H40N2O10. The highest BCUT2D eigenvalue weighted by Crippen LogP contribution is 2.29. The average Bonchev–Trinajstić information content (AvgIpc) is 3.03. The van der Waals surface area contributed by atoms with Crippen molar-refractivity contribution >= 4 is 24.4 Å². The quantitative estimate of drug-likeness (QED) is 0.0391. The Balaban J connectivity index is 1.85. The van der Waals surface area contributed by atoms with Crippen LogP contribution in [0.25, 0.3) is 0 Å². The second-order valence-corrected chi connectivity index (χ2v) is 8.74. The maximum atomic E-state index is 11.0. The van der Waals surface area contributed by atoms with Gasteiger partial charge in [0.25, 0.3) is 0 Å². The summed E-state index contributed by atoms with van der Waals surface area (Å²) in [6, 6.07) is 10.6. The van der Waals surface area contributed by atoms with Gasteiger partial charge in [-0.05, 0) is 87.1 Å². The van der Waals surface area contributed by atoms with Crippen molar-refractivity contribution in [3.8, 4) is 23.0 Å². The summed E-state index contributed by atoms with van der Waals surface area (Å²) < 4.78 is 21.2. The Morgan fingerprint density at radius 3 is 1.43 bits per heavy atom. The Hall–Kier alpha value is -4.68. The third-order valence-corrected chi connectivity index (χ3v) is 5.38. The first-order valence-electron chi connectivity index (χ1n) is 14.3. The number of ether oxygens (including phenoxy) is 4. The van der Waals surface area contributed by atoms with E-state index in [4.69, 9.17) is 38.5 Å². The summed E-state index contributed by atoms with van der Waals surface area (Å²) in [7, 11) is 0. The van der Waals surface area contributed by atoms with Crippen LogP contribution in [0.2, 0.25) is 0 Å². The average molecular weight is 613 g/mol. The molecule has 0 atom stereocenters. The van der Waals surface area contributed by atoms with E-state index in [0.717, 1.165) is 23.3 Å². The summed E-state index contributed by atoms with van der Waals surface area (Å²) in [5.41, 5.74) is 1.49. The van der Waals surface area contributed by atoms with Gasteiger partial charge in [0.1, 0.15) is 0 Å². The van der Waals surface area contributed by atoms with E-state index in [1.54, 1.807) is 48.8 Å².